The number of thioether (sulfide) groups is 1. The van der Waals surface area contributed by atoms with Gasteiger partial charge in [0.2, 0.25) is 0 Å². The monoisotopic (exact) mass is 474 g/mol. The fraction of sp³-hybridized carbons (Fsp3) is 0.174. The van der Waals surface area contributed by atoms with E-state index in [9.17, 15) is 17.6 Å². The van der Waals surface area contributed by atoms with Gasteiger partial charge in [-0.05, 0) is 79.4 Å². The summed E-state index contributed by atoms with van der Waals surface area (Å²) in [5.41, 5.74) is 1.24. The van der Waals surface area contributed by atoms with Crippen LogP contribution in [-0.4, -0.2) is 27.2 Å². The van der Waals surface area contributed by atoms with Crippen molar-refractivity contribution in [3.8, 4) is 5.75 Å². The number of nitrogens with one attached hydrogen (secondary N) is 2. The lowest BCUT2D eigenvalue weighted by Crippen LogP contribution is -2.31. The molecule has 0 saturated heterocycles. The van der Waals surface area contributed by atoms with Gasteiger partial charge in [-0.2, -0.15) is 0 Å². The molecule has 6 nitrogen and oxygen atoms in total. The zero-order valence-corrected chi connectivity index (χ0v) is 19.2. The fourth-order valence-corrected chi connectivity index (χ4v) is 4.32. The second-order valence-corrected chi connectivity index (χ2v) is 9.50. The van der Waals surface area contributed by atoms with Crippen LogP contribution in [0.4, 0.5) is 10.1 Å². The molecule has 0 fully saturated rings. The lowest BCUT2D eigenvalue weighted by atomic mass is 10.1. The Morgan fingerprint density at radius 2 is 1.62 bits per heavy atom. The lowest BCUT2D eigenvalue weighted by Gasteiger charge is -2.15. The average Bonchev–Trinajstić information content (AvgIpc) is 2.79. The largest absolute Gasteiger partial charge is 0.484 e. The first-order valence-electron chi connectivity index (χ1n) is 9.71. The highest BCUT2D eigenvalue weighted by molar-refractivity contribution is 7.98. The number of ether oxygens (including phenoxy) is 1. The molecule has 0 radical (unpaired) electrons. The highest BCUT2D eigenvalue weighted by atomic mass is 32.2. The molecule has 0 spiro atoms. The van der Waals surface area contributed by atoms with Gasteiger partial charge in [0.25, 0.3) is 15.9 Å². The molecule has 0 saturated carbocycles. The molecule has 3 aromatic carbocycles. The van der Waals surface area contributed by atoms with E-state index >= 15 is 0 Å². The topological polar surface area (TPSA) is 84.5 Å². The van der Waals surface area contributed by atoms with Crippen LogP contribution in [-0.2, 0) is 14.8 Å². The maximum atomic E-state index is 13.0. The van der Waals surface area contributed by atoms with Crippen LogP contribution in [0, 0.1) is 5.82 Å². The number of halogens is 1. The van der Waals surface area contributed by atoms with Crippen molar-refractivity contribution in [3.63, 3.8) is 0 Å². The van der Waals surface area contributed by atoms with Crippen molar-refractivity contribution < 1.29 is 22.3 Å². The van der Waals surface area contributed by atoms with E-state index in [4.69, 9.17) is 4.74 Å². The van der Waals surface area contributed by atoms with Crippen LogP contribution in [0.5, 0.6) is 5.75 Å². The minimum absolute atomic E-state index is 0.0148. The van der Waals surface area contributed by atoms with E-state index in [0.29, 0.717) is 5.75 Å². The van der Waals surface area contributed by atoms with Gasteiger partial charge in [-0.25, -0.2) is 12.8 Å². The Morgan fingerprint density at radius 1 is 1.00 bits per heavy atom. The quantitative estimate of drug-likeness (QED) is 0.443. The number of benzene rings is 3. The maximum absolute atomic E-state index is 13.0. The van der Waals surface area contributed by atoms with Crippen LogP contribution in [0.2, 0.25) is 0 Å². The third-order valence-electron chi connectivity index (χ3n) is 4.59. The SMILES string of the molecule is CSc1ccc([C@H](C)NC(=O)COc2ccc(S(=O)(=O)Nc3ccc(F)cc3)cc2)cc1. The molecule has 9 heteroatoms. The van der Waals surface area contributed by atoms with E-state index < -0.39 is 15.8 Å². The number of amides is 1. The van der Waals surface area contributed by atoms with Crippen LogP contribution in [0.1, 0.15) is 18.5 Å². The third kappa shape index (κ3) is 6.48. The average molecular weight is 475 g/mol. The molecule has 168 valence electrons. The van der Waals surface area contributed by atoms with Crippen LogP contribution in [0.3, 0.4) is 0 Å². The number of sulfonamides is 1. The van der Waals surface area contributed by atoms with Gasteiger partial charge in [0.05, 0.1) is 10.9 Å². The molecule has 0 heterocycles. The summed E-state index contributed by atoms with van der Waals surface area (Å²) in [7, 11) is -3.83. The predicted molar refractivity (Wildman–Crippen MR) is 124 cm³/mol. The molecule has 2 N–H and O–H groups in total. The van der Waals surface area contributed by atoms with Gasteiger partial charge in [-0.15, -0.1) is 11.8 Å². The van der Waals surface area contributed by atoms with E-state index in [-0.39, 0.29) is 29.1 Å². The fourth-order valence-electron chi connectivity index (χ4n) is 2.85. The highest BCUT2D eigenvalue weighted by Gasteiger charge is 2.15. The summed E-state index contributed by atoms with van der Waals surface area (Å²) in [6.45, 7) is 1.69. The molecule has 1 amide bonds. The van der Waals surface area contributed by atoms with Gasteiger partial charge in [0.1, 0.15) is 11.6 Å². The normalized spacial score (nSPS) is 12.1. The predicted octanol–water partition coefficient (Wildman–Crippen LogP) is 4.60. The summed E-state index contributed by atoms with van der Waals surface area (Å²) in [6.07, 6.45) is 2.00. The minimum atomic E-state index is -3.83. The van der Waals surface area contributed by atoms with Crippen LogP contribution in [0.25, 0.3) is 0 Å². The number of hydrogen-bond donors (Lipinski definition) is 2. The number of carbonyl (C=O) groups is 1. The standard InChI is InChI=1S/C23H23FN2O4S2/c1-16(17-3-11-21(31-2)12-4-17)25-23(27)15-30-20-9-13-22(14-10-20)32(28,29)26-19-7-5-18(24)6-8-19/h3-14,16,26H,15H2,1-2H3,(H,25,27)/t16-/m0/s1. The number of carbonyl (C=O) groups excluding carboxylic acids is 1. The Hall–Kier alpha value is -3.04. The number of hydrogen-bond acceptors (Lipinski definition) is 5. The zero-order valence-electron chi connectivity index (χ0n) is 17.5. The molecular weight excluding hydrogens is 451 g/mol. The molecule has 3 rings (SSSR count). The number of anilines is 1. The van der Waals surface area contributed by atoms with Crippen molar-refractivity contribution in [2.24, 2.45) is 0 Å². The van der Waals surface area contributed by atoms with Gasteiger partial charge in [0, 0.05) is 10.6 Å². The summed E-state index contributed by atoms with van der Waals surface area (Å²) in [4.78, 5) is 13.4. The lowest BCUT2D eigenvalue weighted by molar-refractivity contribution is -0.123. The Bertz CT molecular complexity index is 1150. The van der Waals surface area contributed by atoms with Crippen molar-refractivity contribution in [2.45, 2.75) is 22.8 Å². The van der Waals surface area contributed by atoms with Crippen molar-refractivity contribution >= 4 is 33.4 Å². The van der Waals surface area contributed by atoms with Crippen molar-refractivity contribution in [1.29, 1.82) is 0 Å². The molecule has 0 unspecified atom stereocenters. The number of rotatable bonds is 9. The van der Waals surface area contributed by atoms with Crippen LogP contribution >= 0.6 is 11.8 Å². The van der Waals surface area contributed by atoms with Gasteiger partial charge in [0.15, 0.2) is 6.61 Å². The minimum Gasteiger partial charge on any atom is -0.484 e. The van der Waals surface area contributed by atoms with Crippen molar-refractivity contribution in [3.05, 3.63) is 84.2 Å². The van der Waals surface area contributed by atoms with Gasteiger partial charge >= 0.3 is 0 Å². The van der Waals surface area contributed by atoms with Gasteiger partial charge in [-0.1, -0.05) is 12.1 Å². The van der Waals surface area contributed by atoms with Gasteiger partial charge < -0.3 is 10.1 Å². The molecule has 32 heavy (non-hydrogen) atoms. The molecule has 0 aliphatic rings. The second kappa shape index (κ2) is 10.5. The van der Waals surface area contributed by atoms with Crippen molar-refractivity contribution in [2.75, 3.05) is 17.6 Å². The molecule has 0 bridgehead atoms. The first-order chi connectivity index (χ1) is 15.3. The second-order valence-electron chi connectivity index (χ2n) is 6.93. The Balaban J connectivity index is 1.53. The van der Waals surface area contributed by atoms with E-state index in [2.05, 4.69) is 10.0 Å². The molecule has 1 atom stereocenters. The van der Waals surface area contributed by atoms with Crippen LogP contribution < -0.4 is 14.8 Å². The third-order valence-corrected chi connectivity index (χ3v) is 6.73. The summed E-state index contributed by atoms with van der Waals surface area (Å²) in [6, 6.07) is 18.4. The summed E-state index contributed by atoms with van der Waals surface area (Å²) >= 11 is 1.65. The molecule has 3 aromatic rings. The zero-order chi connectivity index (χ0) is 23.1. The van der Waals surface area contributed by atoms with E-state index in [1.807, 2.05) is 37.4 Å². The van der Waals surface area contributed by atoms with E-state index in [1.165, 1.54) is 48.5 Å². The van der Waals surface area contributed by atoms with Gasteiger partial charge in [-0.3, -0.25) is 9.52 Å². The molecule has 0 aliphatic heterocycles. The van der Waals surface area contributed by atoms with E-state index in [0.717, 1.165) is 10.5 Å². The smallest absolute Gasteiger partial charge is 0.261 e. The highest BCUT2D eigenvalue weighted by Crippen LogP contribution is 2.21. The molecule has 0 aromatic heterocycles. The Kier molecular flexibility index (Phi) is 7.76. The Morgan fingerprint density at radius 3 is 2.22 bits per heavy atom. The summed E-state index contributed by atoms with van der Waals surface area (Å²) in [5.74, 6) is -0.389. The molecular formula is C23H23FN2O4S2. The van der Waals surface area contributed by atoms with Crippen LogP contribution in [0.15, 0.2) is 82.6 Å². The Labute approximate surface area is 191 Å². The molecule has 0 aliphatic carbocycles. The summed E-state index contributed by atoms with van der Waals surface area (Å²) < 4.78 is 45.7. The van der Waals surface area contributed by atoms with Crippen molar-refractivity contribution in [1.82, 2.24) is 5.32 Å². The first kappa shape index (κ1) is 23.6. The maximum Gasteiger partial charge on any atom is 0.261 e. The van der Waals surface area contributed by atoms with E-state index in [1.54, 1.807) is 11.8 Å². The first-order valence-corrected chi connectivity index (χ1v) is 12.4. The summed E-state index contributed by atoms with van der Waals surface area (Å²) in [5, 5.41) is 2.87.